The molecule has 24 nitrogen and oxygen atoms in total. The van der Waals surface area contributed by atoms with Gasteiger partial charge in [0, 0.05) is 57.0 Å². The number of nitrogens with two attached hydrogens (primary N) is 10. The summed E-state index contributed by atoms with van der Waals surface area (Å²) in [6.07, 6.45) is 3.05. The van der Waals surface area contributed by atoms with Crippen molar-refractivity contribution >= 4 is 58.2 Å². The van der Waals surface area contributed by atoms with Crippen molar-refractivity contribution < 1.29 is 28.4 Å². The molecule has 0 saturated heterocycles. The number of ether oxygens (including phenoxy) is 6. The van der Waals surface area contributed by atoms with E-state index in [1.165, 1.54) is 22.7 Å². The summed E-state index contributed by atoms with van der Waals surface area (Å²) in [6, 6.07) is 22.9. The normalized spacial score (nSPS) is 10.7. The molecule has 78 heavy (non-hydrogen) atoms. The van der Waals surface area contributed by atoms with Gasteiger partial charge in [0.05, 0.1) is 62.5 Å². The van der Waals surface area contributed by atoms with E-state index in [1.54, 1.807) is 12.1 Å². The zero-order valence-electron chi connectivity index (χ0n) is 43.1. The molecule has 0 unspecified atom stereocenters. The van der Waals surface area contributed by atoms with Gasteiger partial charge in [0.2, 0.25) is 0 Å². The van der Waals surface area contributed by atoms with Crippen molar-refractivity contribution in [1.29, 1.82) is 10.8 Å². The number of aromatic nitrogens is 2. The average molecular weight is 1110 g/mol. The summed E-state index contributed by atoms with van der Waals surface area (Å²) in [5, 5.41) is 21.0. The predicted octanol–water partition coefficient (Wildman–Crippen LogP) is 3.85. The van der Waals surface area contributed by atoms with Crippen LogP contribution >= 0.6 is 22.7 Å². The molecule has 0 atom stereocenters. The van der Waals surface area contributed by atoms with Crippen LogP contribution in [0.25, 0.3) is 43.4 Å². The number of rotatable bonds is 33. The fourth-order valence-corrected chi connectivity index (χ4v) is 9.24. The fourth-order valence-electron chi connectivity index (χ4n) is 7.54. The molecule has 26 heteroatoms. The number of aliphatic imine (C=N–C) groups is 4. The lowest BCUT2D eigenvalue weighted by Crippen LogP contribution is -2.23. The molecule has 2 aromatic heterocycles. The van der Waals surface area contributed by atoms with Crippen molar-refractivity contribution in [2.75, 3.05) is 65.8 Å². The maximum atomic E-state index is 7.67. The van der Waals surface area contributed by atoms with E-state index in [0.717, 1.165) is 43.7 Å². The second-order valence-electron chi connectivity index (χ2n) is 17.1. The lowest BCUT2D eigenvalue weighted by molar-refractivity contribution is 0.272. The third-order valence-corrected chi connectivity index (χ3v) is 12.9. The highest BCUT2D eigenvalue weighted by Crippen LogP contribution is 2.45. The van der Waals surface area contributed by atoms with E-state index < -0.39 is 0 Å². The molecule has 0 aliphatic carbocycles. The molecular weight excluding hydrogens is 1040 g/mol. The van der Waals surface area contributed by atoms with Gasteiger partial charge >= 0.3 is 0 Å². The number of hydrogen-bond donors (Lipinski definition) is 12. The molecule has 0 radical (unpaired) electrons. The topological polar surface area (TPSA) is 438 Å². The first kappa shape index (κ1) is 58.2. The largest absolute Gasteiger partial charge is 0.491 e. The molecule has 0 spiro atoms. The first-order valence-corrected chi connectivity index (χ1v) is 26.5. The SMILES string of the molecule is N=C(N)CCCOc1c(OCCN=C(N)N)cccc1-c1ccc(-c2nc(CCc3csc(-c4ccc(-c5cccc(OCCN=C(N)N)c5OCCCC(=N)N)c(OCCN=C(N)N)c4)n3)cs2)cc1OCCN=C(N)N. The Labute approximate surface area is 459 Å². The van der Waals surface area contributed by atoms with Crippen LogP contribution in [0.1, 0.15) is 37.1 Å². The van der Waals surface area contributed by atoms with Gasteiger partial charge < -0.3 is 85.8 Å². The number of para-hydroxylation sites is 2. The van der Waals surface area contributed by atoms with E-state index in [0.29, 0.717) is 84.1 Å². The molecule has 2 heterocycles. The van der Waals surface area contributed by atoms with E-state index in [1.807, 2.05) is 71.4 Å². The van der Waals surface area contributed by atoms with Crippen LogP contribution in [0.3, 0.4) is 0 Å². The van der Waals surface area contributed by atoms with Gasteiger partial charge in [-0.2, -0.15) is 0 Å². The number of amidine groups is 2. The van der Waals surface area contributed by atoms with Gasteiger partial charge in [0.25, 0.3) is 0 Å². The Balaban J connectivity index is 1.24. The first-order valence-electron chi connectivity index (χ1n) is 24.7. The molecule has 4 aromatic carbocycles. The monoisotopic (exact) mass is 1100 g/mol. The summed E-state index contributed by atoms with van der Waals surface area (Å²) in [5.74, 6) is 2.95. The average Bonchev–Trinajstić information content (AvgIpc) is 4.14. The number of hydrogen-bond acceptors (Lipinski definition) is 16. The Morgan fingerprint density at radius 3 is 1.13 bits per heavy atom. The van der Waals surface area contributed by atoms with Gasteiger partial charge in [-0.25, -0.2) is 9.97 Å². The highest BCUT2D eigenvalue weighted by atomic mass is 32.1. The number of guanidine groups is 4. The molecule has 0 saturated carbocycles. The minimum atomic E-state index is -0.0444. The maximum Gasteiger partial charge on any atom is 0.186 e. The molecule has 0 bridgehead atoms. The third-order valence-electron chi connectivity index (χ3n) is 11.0. The standard InChI is InChI=1S/C52H68N18O6S2/c53-43(54)9-3-21-75-45-37(5-1-7-39(45)71-23-17-65-49(57)58)35-15-11-31(27-41(35)73-25-19-67-51(61)62)47-69-33(29-77-47)13-14-34-30-78-48(70-34)32-12-16-36(42(28-32)74-26-20-68-52(63)64)38-6-2-8-40(72-24-18-66-50(59)60)46(38)76-22-4-10-44(55)56/h1-2,5-8,11-12,15-16,27-30H,3-4,9-10,13-14,17-26H2,(H3,53,54)(H3,55,56)(H4,57,58,65)(H4,59,60,66)(H4,61,62,67)(H4,63,64,68). The van der Waals surface area contributed by atoms with Crippen LogP contribution in [0, 0.1) is 10.8 Å². The van der Waals surface area contributed by atoms with Crippen LogP contribution in [0.2, 0.25) is 0 Å². The second kappa shape index (κ2) is 29.9. The molecule has 414 valence electrons. The quantitative estimate of drug-likeness (QED) is 0.0158. The Hall–Kier alpha value is -9.04. The van der Waals surface area contributed by atoms with Gasteiger partial charge in [-0.15, -0.1) is 22.7 Å². The van der Waals surface area contributed by atoms with E-state index in [2.05, 4.69) is 20.0 Å². The number of nitrogens with zero attached hydrogens (tertiary/aromatic N) is 6. The molecule has 0 amide bonds. The van der Waals surface area contributed by atoms with Gasteiger partial charge in [-0.05, 0) is 62.1 Å². The Morgan fingerprint density at radius 2 is 0.782 bits per heavy atom. The van der Waals surface area contributed by atoms with Crippen LogP contribution < -0.4 is 85.8 Å². The molecule has 0 fully saturated rings. The van der Waals surface area contributed by atoms with Crippen LogP contribution in [0.4, 0.5) is 0 Å². The van der Waals surface area contributed by atoms with Crippen molar-refractivity contribution in [3.8, 4) is 77.9 Å². The minimum absolute atomic E-state index is 0.0393. The number of aryl methyl sites for hydroxylation is 2. The van der Waals surface area contributed by atoms with Gasteiger partial charge in [-0.1, -0.05) is 36.4 Å². The van der Waals surface area contributed by atoms with E-state index >= 15 is 0 Å². The van der Waals surface area contributed by atoms with Gasteiger partial charge in [0.15, 0.2) is 46.8 Å². The Morgan fingerprint density at radius 1 is 0.423 bits per heavy atom. The number of thiazole rings is 2. The smallest absolute Gasteiger partial charge is 0.186 e. The van der Waals surface area contributed by atoms with Crippen LogP contribution in [-0.2, 0) is 12.8 Å². The molecule has 0 aliphatic rings. The van der Waals surface area contributed by atoms with Crippen molar-refractivity contribution in [3.05, 3.63) is 94.9 Å². The molecular formula is C52H68N18O6S2. The summed E-state index contributed by atoms with van der Waals surface area (Å²) >= 11 is 3.04. The highest BCUT2D eigenvalue weighted by Gasteiger charge is 2.21. The summed E-state index contributed by atoms with van der Waals surface area (Å²) < 4.78 is 37.6. The summed E-state index contributed by atoms with van der Waals surface area (Å²) in [5.41, 5.74) is 62.2. The number of benzene rings is 4. The first-order chi connectivity index (χ1) is 37.6. The summed E-state index contributed by atoms with van der Waals surface area (Å²) in [4.78, 5) is 26.3. The second-order valence-corrected chi connectivity index (χ2v) is 18.8. The zero-order chi connectivity index (χ0) is 55.8. The molecule has 0 aliphatic heterocycles. The van der Waals surface area contributed by atoms with E-state index in [9.17, 15) is 0 Å². The van der Waals surface area contributed by atoms with Crippen molar-refractivity contribution in [2.24, 2.45) is 77.3 Å². The van der Waals surface area contributed by atoms with Gasteiger partial charge in [-0.3, -0.25) is 30.8 Å². The summed E-state index contributed by atoms with van der Waals surface area (Å²) in [7, 11) is 0. The van der Waals surface area contributed by atoms with E-state index in [4.69, 9.17) is 107 Å². The zero-order valence-corrected chi connectivity index (χ0v) is 44.8. The van der Waals surface area contributed by atoms with Crippen LogP contribution in [0.5, 0.6) is 34.5 Å². The molecule has 6 rings (SSSR count). The highest BCUT2D eigenvalue weighted by molar-refractivity contribution is 7.13. The predicted molar refractivity (Wildman–Crippen MR) is 311 cm³/mol. The lowest BCUT2D eigenvalue weighted by atomic mass is 10.0. The van der Waals surface area contributed by atoms with Crippen molar-refractivity contribution in [2.45, 2.75) is 38.5 Å². The van der Waals surface area contributed by atoms with Crippen LogP contribution in [-0.4, -0.2) is 111 Å². The Kier molecular flexibility index (Phi) is 22.3. The summed E-state index contributed by atoms with van der Waals surface area (Å²) in [6.45, 7) is 2.23. The van der Waals surface area contributed by atoms with Gasteiger partial charge in [0.1, 0.15) is 47.9 Å². The van der Waals surface area contributed by atoms with E-state index in [-0.39, 0.29) is 101 Å². The van der Waals surface area contributed by atoms with Crippen LogP contribution in [0.15, 0.2) is 104 Å². The Bertz CT molecular complexity index is 2870. The van der Waals surface area contributed by atoms with Crippen molar-refractivity contribution in [1.82, 2.24) is 9.97 Å². The number of nitrogens with one attached hydrogen (secondary N) is 2. The maximum absolute atomic E-state index is 7.67. The minimum Gasteiger partial charge on any atom is -0.491 e. The molecule has 6 aromatic rings. The lowest BCUT2D eigenvalue weighted by Gasteiger charge is -2.19. The molecule has 22 N–H and O–H groups in total. The van der Waals surface area contributed by atoms with Crippen molar-refractivity contribution in [3.63, 3.8) is 0 Å². The third kappa shape index (κ3) is 18.4. The fraction of sp³-hybridized carbons (Fsp3) is 0.308.